The average Bonchev–Trinajstić information content (AvgIpc) is 3.03. The number of Topliss-reactive ketones (excluding diaryl/α,β-unsaturated/α-hetero) is 1. The van der Waals surface area contributed by atoms with Crippen molar-refractivity contribution in [3.05, 3.63) is 53.8 Å². The van der Waals surface area contributed by atoms with Crippen LogP contribution in [0.4, 0.5) is 4.39 Å². The maximum atomic E-state index is 13.3. The van der Waals surface area contributed by atoms with Crippen molar-refractivity contribution < 1.29 is 23.5 Å². The topological polar surface area (TPSA) is 65.5 Å². The van der Waals surface area contributed by atoms with Crippen LogP contribution in [0.3, 0.4) is 0 Å². The minimum Gasteiger partial charge on any atom is -0.460 e. The molecule has 2 aromatic carbocycles. The Bertz CT molecular complexity index is 1040. The number of fused-ring (bicyclic) bond motifs is 1. The van der Waals surface area contributed by atoms with Crippen molar-refractivity contribution in [1.29, 1.82) is 0 Å². The summed E-state index contributed by atoms with van der Waals surface area (Å²) in [6.45, 7) is 5.46. The fraction of sp³-hybridized carbons (Fsp3) is 0.348. The van der Waals surface area contributed by atoms with Crippen LogP contribution in [0.25, 0.3) is 10.2 Å². The molecule has 0 saturated heterocycles. The van der Waals surface area contributed by atoms with E-state index in [-0.39, 0.29) is 24.0 Å². The molecule has 0 radical (unpaired) electrons. The first-order valence-corrected chi connectivity index (χ1v) is 10.6. The molecule has 5 nitrogen and oxygen atoms in total. The van der Waals surface area contributed by atoms with Gasteiger partial charge < -0.3 is 9.47 Å². The summed E-state index contributed by atoms with van der Waals surface area (Å²) >= 11 is 1.27. The lowest BCUT2D eigenvalue weighted by molar-refractivity contribution is -0.154. The van der Waals surface area contributed by atoms with Gasteiger partial charge in [0, 0.05) is 19.3 Å². The number of ether oxygens (including phenoxy) is 2. The Hall–Kier alpha value is -2.80. The fourth-order valence-corrected chi connectivity index (χ4v) is 3.70. The number of carbonyl (C=O) groups excluding carboxylic acids is 2. The van der Waals surface area contributed by atoms with Crippen LogP contribution < -0.4 is 4.74 Å². The average molecular weight is 430 g/mol. The zero-order valence-electron chi connectivity index (χ0n) is 17.2. The normalized spacial score (nSPS) is 11.5. The van der Waals surface area contributed by atoms with Crippen molar-refractivity contribution >= 4 is 33.3 Å². The van der Waals surface area contributed by atoms with Gasteiger partial charge in [0.1, 0.15) is 23.0 Å². The molecule has 158 valence electrons. The maximum absolute atomic E-state index is 13.3. The zero-order valence-corrected chi connectivity index (χ0v) is 18.1. The molecule has 30 heavy (non-hydrogen) atoms. The van der Waals surface area contributed by atoms with Crippen molar-refractivity contribution in [3.8, 4) is 10.9 Å². The van der Waals surface area contributed by atoms with Crippen LogP contribution in [0.2, 0.25) is 0 Å². The number of carbonyl (C=O) groups is 2. The van der Waals surface area contributed by atoms with Gasteiger partial charge in [0.15, 0.2) is 0 Å². The second-order valence-electron chi connectivity index (χ2n) is 7.99. The predicted octanol–water partition coefficient (Wildman–Crippen LogP) is 5.85. The molecule has 0 N–H and O–H groups in total. The summed E-state index contributed by atoms with van der Waals surface area (Å²) in [5, 5.41) is 0.432. The standard InChI is InChI=1S/C23H24FNO4S/c1-23(2,3)29-21(27)6-4-5-17(26)13-15-7-10-18(11-8-15)28-22-25-19-12-9-16(24)14-20(19)30-22/h7-12,14H,4-6,13H2,1-3H3. The van der Waals surface area contributed by atoms with Crippen LogP contribution >= 0.6 is 11.3 Å². The molecule has 0 amide bonds. The Kier molecular flexibility index (Phi) is 6.82. The number of rotatable bonds is 8. The van der Waals surface area contributed by atoms with E-state index in [2.05, 4.69) is 4.98 Å². The van der Waals surface area contributed by atoms with Crippen molar-refractivity contribution in [2.24, 2.45) is 0 Å². The van der Waals surface area contributed by atoms with Crippen molar-refractivity contribution in [3.63, 3.8) is 0 Å². The van der Waals surface area contributed by atoms with Crippen LogP contribution in [0.1, 0.15) is 45.6 Å². The molecule has 0 atom stereocenters. The molecule has 0 saturated carbocycles. The third-order valence-electron chi connectivity index (χ3n) is 4.12. The van der Waals surface area contributed by atoms with Crippen LogP contribution in [-0.4, -0.2) is 22.3 Å². The van der Waals surface area contributed by atoms with Crippen LogP contribution in [-0.2, 0) is 20.7 Å². The molecule has 0 bridgehead atoms. The number of benzene rings is 2. The van der Waals surface area contributed by atoms with E-state index in [1.165, 1.54) is 23.5 Å². The molecule has 1 aromatic heterocycles. The molecule has 3 aromatic rings. The monoisotopic (exact) mass is 429 g/mol. The van der Waals surface area contributed by atoms with E-state index >= 15 is 0 Å². The molecular formula is C23H24FNO4S. The van der Waals surface area contributed by atoms with Crippen LogP contribution in [0, 0.1) is 5.82 Å². The highest BCUT2D eigenvalue weighted by molar-refractivity contribution is 7.20. The number of esters is 1. The molecule has 0 unspecified atom stereocenters. The smallest absolute Gasteiger partial charge is 0.306 e. The van der Waals surface area contributed by atoms with Gasteiger partial charge in [-0.25, -0.2) is 9.37 Å². The van der Waals surface area contributed by atoms with Gasteiger partial charge in [0.05, 0.1) is 10.2 Å². The Morgan fingerprint density at radius 1 is 1.07 bits per heavy atom. The number of ketones is 1. The Labute approximate surface area is 178 Å². The summed E-state index contributed by atoms with van der Waals surface area (Å²) < 4.78 is 25.0. The first kappa shape index (κ1) is 21.9. The van der Waals surface area contributed by atoms with Crippen molar-refractivity contribution in [2.75, 3.05) is 0 Å². The van der Waals surface area contributed by atoms with Gasteiger partial charge >= 0.3 is 5.97 Å². The Balaban J connectivity index is 1.47. The number of hydrogen-bond donors (Lipinski definition) is 0. The van der Waals surface area contributed by atoms with E-state index in [1.807, 2.05) is 32.9 Å². The van der Waals surface area contributed by atoms with Gasteiger partial charge in [0.2, 0.25) is 0 Å². The highest BCUT2D eigenvalue weighted by Crippen LogP contribution is 2.31. The van der Waals surface area contributed by atoms with Gasteiger partial charge in [-0.1, -0.05) is 23.5 Å². The first-order valence-electron chi connectivity index (χ1n) is 9.74. The maximum Gasteiger partial charge on any atom is 0.306 e. The van der Waals surface area contributed by atoms with E-state index in [9.17, 15) is 14.0 Å². The largest absolute Gasteiger partial charge is 0.460 e. The highest BCUT2D eigenvalue weighted by atomic mass is 32.1. The minimum absolute atomic E-state index is 0.0698. The number of aromatic nitrogens is 1. The lowest BCUT2D eigenvalue weighted by Crippen LogP contribution is -2.23. The minimum atomic E-state index is -0.507. The third-order valence-corrected chi connectivity index (χ3v) is 5.01. The van der Waals surface area contributed by atoms with Crippen LogP contribution in [0.15, 0.2) is 42.5 Å². The van der Waals surface area contributed by atoms with Gasteiger partial charge in [-0.05, 0) is 63.1 Å². The predicted molar refractivity (Wildman–Crippen MR) is 115 cm³/mol. The highest BCUT2D eigenvalue weighted by Gasteiger charge is 2.16. The molecule has 0 spiro atoms. The van der Waals surface area contributed by atoms with E-state index in [0.29, 0.717) is 35.7 Å². The molecule has 0 aliphatic heterocycles. The molecule has 7 heteroatoms. The van der Waals surface area contributed by atoms with E-state index in [4.69, 9.17) is 9.47 Å². The number of hydrogen-bond acceptors (Lipinski definition) is 6. The first-order chi connectivity index (χ1) is 14.2. The summed E-state index contributed by atoms with van der Waals surface area (Å²) in [5.41, 5.74) is 1.05. The van der Waals surface area contributed by atoms with Crippen molar-refractivity contribution in [1.82, 2.24) is 4.98 Å². The zero-order chi connectivity index (χ0) is 21.7. The lowest BCUT2D eigenvalue weighted by atomic mass is 10.0. The molecule has 0 aliphatic rings. The summed E-state index contributed by atoms with van der Waals surface area (Å²) in [5.74, 6) is 0.0725. The fourth-order valence-electron chi connectivity index (χ4n) is 2.84. The number of thiazole rings is 1. The van der Waals surface area contributed by atoms with Crippen LogP contribution in [0.5, 0.6) is 10.9 Å². The van der Waals surface area contributed by atoms with Gasteiger partial charge in [-0.3, -0.25) is 9.59 Å². The van der Waals surface area contributed by atoms with E-state index < -0.39 is 5.60 Å². The second-order valence-corrected chi connectivity index (χ2v) is 8.99. The Morgan fingerprint density at radius 2 is 1.80 bits per heavy atom. The van der Waals surface area contributed by atoms with E-state index in [1.54, 1.807) is 18.2 Å². The third kappa shape index (κ3) is 6.62. The summed E-state index contributed by atoms with van der Waals surface area (Å²) in [4.78, 5) is 28.2. The summed E-state index contributed by atoms with van der Waals surface area (Å²) in [6, 6.07) is 11.6. The van der Waals surface area contributed by atoms with E-state index in [0.717, 1.165) is 10.3 Å². The van der Waals surface area contributed by atoms with Gasteiger partial charge in [-0.15, -0.1) is 0 Å². The van der Waals surface area contributed by atoms with Gasteiger partial charge in [-0.2, -0.15) is 0 Å². The summed E-state index contributed by atoms with van der Waals surface area (Å²) in [6.07, 6.45) is 1.35. The number of halogens is 1. The molecule has 0 aliphatic carbocycles. The quantitative estimate of drug-likeness (QED) is 0.420. The Morgan fingerprint density at radius 3 is 2.50 bits per heavy atom. The van der Waals surface area contributed by atoms with Crippen molar-refractivity contribution in [2.45, 2.75) is 52.1 Å². The summed E-state index contributed by atoms with van der Waals surface area (Å²) in [7, 11) is 0. The molecular weight excluding hydrogens is 405 g/mol. The molecule has 0 fully saturated rings. The lowest BCUT2D eigenvalue weighted by Gasteiger charge is -2.19. The molecule has 3 rings (SSSR count). The van der Waals surface area contributed by atoms with Gasteiger partial charge in [0.25, 0.3) is 5.19 Å². The number of nitrogens with zero attached hydrogens (tertiary/aromatic N) is 1. The second kappa shape index (κ2) is 9.34. The SMILES string of the molecule is CC(C)(C)OC(=O)CCCC(=O)Cc1ccc(Oc2nc3ccc(F)cc3s2)cc1. The molecule has 1 heterocycles.